The average Bonchev–Trinajstić information content (AvgIpc) is 3.05. The maximum Gasteiger partial charge on any atom is 0.270 e. The molecule has 3 rings (SSSR count). The highest BCUT2D eigenvalue weighted by Crippen LogP contribution is 2.26. The van der Waals surface area contributed by atoms with Gasteiger partial charge in [0, 0.05) is 18.7 Å². The van der Waals surface area contributed by atoms with Crippen LogP contribution in [0.1, 0.15) is 24.2 Å². The zero-order valence-electron chi connectivity index (χ0n) is 14.9. The first kappa shape index (κ1) is 19.3. The molecule has 0 unspecified atom stereocenters. The molecule has 0 fully saturated rings. The first-order valence-electron chi connectivity index (χ1n) is 8.41. The molecular formula is C18H19ClN4O3S. The van der Waals surface area contributed by atoms with Crippen LogP contribution in [0.3, 0.4) is 0 Å². The van der Waals surface area contributed by atoms with Gasteiger partial charge in [-0.15, -0.1) is 0 Å². The van der Waals surface area contributed by atoms with Gasteiger partial charge in [-0.2, -0.15) is 4.31 Å². The van der Waals surface area contributed by atoms with Crippen molar-refractivity contribution in [3.05, 3.63) is 59.4 Å². The molecule has 27 heavy (non-hydrogen) atoms. The van der Waals surface area contributed by atoms with Crippen molar-refractivity contribution in [1.82, 2.24) is 14.0 Å². The minimum Gasteiger partial charge on any atom is -0.267 e. The van der Waals surface area contributed by atoms with Crippen molar-refractivity contribution in [3.8, 4) is 0 Å². The molecule has 1 aromatic heterocycles. The zero-order chi connectivity index (χ0) is 19.6. The van der Waals surface area contributed by atoms with Crippen molar-refractivity contribution in [3.63, 3.8) is 0 Å². The highest BCUT2D eigenvalue weighted by Gasteiger charge is 2.25. The van der Waals surface area contributed by atoms with Gasteiger partial charge in [0.25, 0.3) is 5.91 Å². The lowest BCUT2D eigenvalue weighted by Crippen LogP contribution is -2.31. The number of hydrogen-bond acceptors (Lipinski definition) is 4. The average molecular weight is 407 g/mol. The standard InChI is InChI=1S/C18H19ClN4O3S/c1-3-22(4-2)27(25,26)17-11-13(9-10-14(17)19)18(24)21-23-12-20-15-7-5-6-8-16(15)23/h5-12H,3-4H2,1-2H3,(H,21,24). The zero-order valence-corrected chi connectivity index (χ0v) is 16.5. The number of hydrogen-bond donors (Lipinski definition) is 1. The van der Waals surface area contributed by atoms with E-state index in [1.54, 1.807) is 13.8 Å². The Kier molecular flexibility index (Phi) is 5.50. The molecule has 0 aliphatic carbocycles. The van der Waals surface area contributed by atoms with Gasteiger partial charge in [-0.25, -0.2) is 18.1 Å². The fourth-order valence-electron chi connectivity index (χ4n) is 2.77. The van der Waals surface area contributed by atoms with Gasteiger partial charge in [-0.1, -0.05) is 37.6 Å². The van der Waals surface area contributed by atoms with Crippen LogP contribution in [0.4, 0.5) is 0 Å². The van der Waals surface area contributed by atoms with Crippen LogP contribution < -0.4 is 5.43 Å². The van der Waals surface area contributed by atoms with Crippen molar-refractivity contribution in [2.45, 2.75) is 18.7 Å². The van der Waals surface area contributed by atoms with E-state index >= 15 is 0 Å². The summed E-state index contributed by atoms with van der Waals surface area (Å²) in [6.07, 6.45) is 1.49. The van der Waals surface area contributed by atoms with E-state index in [1.807, 2.05) is 24.3 Å². The number of benzene rings is 2. The Bertz CT molecular complexity index is 1090. The Balaban J connectivity index is 1.95. The third-order valence-electron chi connectivity index (χ3n) is 4.19. The Hall–Kier alpha value is -2.42. The Morgan fingerprint density at radius 1 is 1.19 bits per heavy atom. The van der Waals surface area contributed by atoms with Gasteiger partial charge >= 0.3 is 0 Å². The smallest absolute Gasteiger partial charge is 0.267 e. The van der Waals surface area contributed by atoms with Crippen molar-refractivity contribution >= 4 is 38.6 Å². The number of para-hydroxylation sites is 2. The summed E-state index contributed by atoms with van der Waals surface area (Å²) in [7, 11) is -3.78. The van der Waals surface area contributed by atoms with Crippen LogP contribution in [0.25, 0.3) is 11.0 Å². The van der Waals surface area contributed by atoms with Gasteiger partial charge in [-0.05, 0) is 30.3 Å². The second-order valence-electron chi connectivity index (χ2n) is 5.78. The van der Waals surface area contributed by atoms with Gasteiger partial charge in [0.1, 0.15) is 11.2 Å². The highest BCUT2D eigenvalue weighted by atomic mass is 35.5. The largest absolute Gasteiger partial charge is 0.270 e. The van der Waals surface area contributed by atoms with Crippen LogP contribution in [0.2, 0.25) is 5.02 Å². The first-order chi connectivity index (χ1) is 12.9. The normalized spacial score (nSPS) is 11.9. The summed E-state index contributed by atoms with van der Waals surface area (Å²) in [5.41, 5.74) is 4.35. The monoisotopic (exact) mass is 406 g/mol. The van der Waals surface area contributed by atoms with Gasteiger partial charge < -0.3 is 0 Å². The van der Waals surface area contributed by atoms with Crippen LogP contribution in [0.5, 0.6) is 0 Å². The minimum absolute atomic E-state index is 0.0755. The van der Waals surface area contributed by atoms with Crippen molar-refractivity contribution < 1.29 is 13.2 Å². The number of sulfonamides is 1. The quantitative estimate of drug-likeness (QED) is 0.681. The van der Waals surface area contributed by atoms with Crippen LogP contribution in [-0.4, -0.2) is 41.4 Å². The Labute approximate surface area is 162 Å². The number of amides is 1. The van der Waals surface area contributed by atoms with E-state index in [-0.39, 0.29) is 15.5 Å². The van der Waals surface area contributed by atoms with Gasteiger partial charge in [0.15, 0.2) is 0 Å². The maximum absolute atomic E-state index is 12.8. The number of nitrogens with zero attached hydrogens (tertiary/aromatic N) is 3. The number of rotatable bonds is 6. The topological polar surface area (TPSA) is 84.3 Å². The Morgan fingerprint density at radius 3 is 2.59 bits per heavy atom. The summed E-state index contributed by atoms with van der Waals surface area (Å²) in [5.74, 6) is -0.467. The number of fused-ring (bicyclic) bond motifs is 1. The van der Waals surface area contributed by atoms with Crippen LogP contribution in [0.15, 0.2) is 53.7 Å². The number of aromatic nitrogens is 2. The van der Waals surface area contributed by atoms with Crippen molar-refractivity contribution in [2.75, 3.05) is 18.5 Å². The number of nitrogens with one attached hydrogen (secondary N) is 1. The van der Waals surface area contributed by atoms with Crippen molar-refractivity contribution in [2.24, 2.45) is 0 Å². The summed E-state index contributed by atoms with van der Waals surface area (Å²) in [6.45, 7) is 4.12. The molecule has 7 nitrogen and oxygen atoms in total. The SMILES string of the molecule is CCN(CC)S(=O)(=O)c1cc(C(=O)Nn2cnc3ccccc32)ccc1Cl. The van der Waals surface area contributed by atoms with E-state index in [4.69, 9.17) is 11.6 Å². The highest BCUT2D eigenvalue weighted by molar-refractivity contribution is 7.89. The molecule has 0 saturated carbocycles. The summed E-state index contributed by atoms with van der Waals surface area (Å²) in [6, 6.07) is 11.5. The number of carbonyl (C=O) groups is 1. The van der Waals surface area contributed by atoms with Crippen molar-refractivity contribution in [1.29, 1.82) is 0 Å². The maximum atomic E-state index is 12.8. The number of halogens is 1. The molecule has 0 atom stereocenters. The second-order valence-corrected chi connectivity index (χ2v) is 8.09. The molecule has 1 heterocycles. The van der Waals surface area contributed by atoms with E-state index in [1.165, 1.54) is 33.5 Å². The second kappa shape index (κ2) is 7.67. The lowest BCUT2D eigenvalue weighted by atomic mass is 10.2. The fourth-order valence-corrected chi connectivity index (χ4v) is 4.73. The van der Waals surface area contributed by atoms with E-state index < -0.39 is 15.9 Å². The molecule has 0 radical (unpaired) electrons. The molecule has 9 heteroatoms. The molecule has 1 amide bonds. The summed E-state index contributed by atoms with van der Waals surface area (Å²) in [5, 5.41) is 0.0755. The van der Waals surface area contributed by atoms with E-state index in [9.17, 15) is 13.2 Å². The molecule has 0 aliphatic rings. The molecule has 0 aliphatic heterocycles. The predicted molar refractivity (Wildman–Crippen MR) is 105 cm³/mol. The Morgan fingerprint density at radius 2 is 1.89 bits per heavy atom. The van der Waals surface area contributed by atoms with Gasteiger partial charge in [0.05, 0.1) is 16.1 Å². The van der Waals surface area contributed by atoms with Crippen LogP contribution in [-0.2, 0) is 10.0 Å². The number of imidazole rings is 1. The summed E-state index contributed by atoms with van der Waals surface area (Å²) >= 11 is 6.11. The molecule has 2 aromatic carbocycles. The third kappa shape index (κ3) is 3.69. The van der Waals surface area contributed by atoms with E-state index in [2.05, 4.69) is 10.4 Å². The molecular weight excluding hydrogens is 388 g/mol. The van der Waals surface area contributed by atoms with Crippen LogP contribution in [0, 0.1) is 0 Å². The summed E-state index contributed by atoms with van der Waals surface area (Å²) < 4.78 is 28.3. The van der Waals surface area contributed by atoms with Gasteiger partial charge in [-0.3, -0.25) is 10.2 Å². The predicted octanol–water partition coefficient (Wildman–Crippen LogP) is 3.10. The molecule has 0 spiro atoms. The third-order valence-corrected chi connectivity index (χ3v) is 6.72. The molecule has 142 valence electrons. The lowest BCUT2D eigenvalue weighted by Gasteiger charge is -2.19. The number of carbonyl (C=O) groups excluding carboxylic acids is 1. The van der Waals surface area contributed by atoms with Gasteiger partial charge in [0.2, 0.25) is 10.0 Å². The summed E-state index contributed by atoms with van der Waals surface area (Å²) in [4.78, 5) is 16.8. The van der Waals surface area contributed by atoms with E-state index in [0.717, 1.165) is 11.0 Å². The molecule has 0 saturated heterocycles. The minimum atomic E-state index is -3.78. The molecule has 3 aromatic rings. The first-order valence-corrected chi connectivity index (χ1v) is 10.2. The fraction of sp³-hybridized carbons (Fsp3) is 0.222. The molecule has 1 N–H and O–H groups in total. The molecule has 0 bridgehead atoms. The van der Waals surface area contributed by atoms with Crippen LogP contribution >= 0.6 is 11.6 Å². The van der Waals surface area contributed by atoms with E-state index in [0.29, 0.717) is 13.1 Å². The lowest BCUT2D eigenvalue weighted by molar-refractivity contribution is 0.101.